The van der Waals surface area contributed by atoms with Crippen molar-refractivity contribution < 1.29 is 0 Å². The summed E-state index contributed by atoms with van der Waals surface area (Å²) in [6.07, 6.45) is 2.37. The first-order valence-electron chi connectivity index (χ1n) is 8.01. The average molecular weight is 401 g/mol. The number of rotatable bonds is 3. The van der Waals surface area contributed by atoms with Crippen molar-refractivity contribution in [1.29, 1.82) is 0 Å². The Kier molecular flexibility index (Phi) is 4.16. The van der Waals surface area contributed by atoms with E-state index in [0.717, 1.165) is 0 Å². The summed E-state index contributed by atoms with van der Waals surface area (Å²) in [5, 5.41) is 0. The summed E-state index contributed by atoms with van der Waals surface area (Å²) in [6.45, 7) is 0. The van der Waals surface area contributed by atoms with Gasteiger partial charge in [-0.25, -0.2) is 0 Å². The maximum absolute atomic E-state index is 2.53. The summed E-state index contributed by atoms with van der Waals surface area (Å²) in [5.41, 5.74) is 4.14. The molecule has 0 radical (unpaired) electrons. The van der Waals surface area contributed by atoms with Crippen LogP contribution in [0.4, 0.5) is 0 Å². The minimum absolute atomic E-state index is 1.33. The molecule has 0 bridgehead atoms. The predicted octanol–water partition coefficient (Wildman–Crippen LogP) is 4.38. The zero-order chi connectivity index (χ0) is 15.5. The van der Waals surface area contributed by atoms with Crippen LogP contribution in [0.2, 0.25) is 0 Å². The second-order valence-electron chi connectivity index (χ2n) is 5.81. The molecule has 3 aromatic rings. The van der Waals surface area contributed by atoms with Crippen LogP contribution in [0.1, 0.15) is 11.1 Å². The third kappa shape index (κ3) is 2.91. The Morgan fingerprint density at radius 2 is 1.04 bits per heavy atom. The van der Waals surface area contributed by atoms with Gasteiger partial charge in [0.15, 0.2) is 0 Å². The van der Waals surface area contributed by atoms with Crippen molar-refractivity contribution in [1.82, 2.24) is 0 Å². The van der Waals surface area contributed by atoms with Gasteiger partial charge in [0.25, 0.3) is 0 Å². The first kappa shape index (κ1) is 14.5. The molecule has 4 rings (SSSR count). The predicted molar refractivity (Wildman–Crippen MR) is 102 cm³/mol. The van der Waals surface area contributed by atoms with Crippen LogP contribution in [0.3, 0.4) is 0 Å². The second kappa shape index (κ2) is 6.59. The molecule has 0 nitrogen and oxygen atoms in total. The van der Waals surface area contributed by atoms with Crippen molar-refractivity contribution in [3.05, 3.63) is 112 Å². The molecule has 0 amide bonds. The van der Waals surface area contributed by atoms with Crippen LogP contribution in [0.15, 0.2) is 101 Å². The van der Waals surface area contributed by atoms with Crippen LogP contribution >= 0.6 is 0 Å². The van der Waals surface area contributed by atoms with Gasteiger partial charge in [0.1, 0.15) is 0 Å². The van der Waals surface area contributed by atoms with Gasteiger partial charge in [0, 0.05) is 0 Å². The number of hydrogen-bond acceptors (Lipinski definition) is 0. The number of hydrogen-bond donors (Lipinski definition) is 0. The molecule has 1 heterocycles. The van der Waals surface area contributed by atoms with Gasteiger partial charge in [-0.2, -0.15) is 0 Å². The fraction of sp³-hybridized carbons (Fsp3) is 0. The van der Waals surface area contributed by atoms with Crippen molar-refractivity contribution >= 4 is 32.5 Å². The van der Waals surface area contributed by atoms with E-state index >= 15 is 0 Å². The summed E-state index contributed by atoms with van der Waals surface area (Å²) >= 11 is -2.14. The fourth-order valence-corrected chi connectivity index (χ4v) is 11.6. The summed E-state index contributed by atoms with van der Waals surface area (Å²) in [5.74, 6) is 0. The molecular weight excluding hydrogens is 383 g/mol. The summed E-state index contributed by atoms with van der Waals surface area (Å²) in [7, 11) is 0. The van der Waals surface area contributed by atoms with Gasteiger partial charge in [-0.05, 0) is 0 Å². The summed E-state index contributed by atoms with van der Waals surface area (Å²) < 4.78 is 5.68. The van der Waals surface area contributed by atoms with Gasteiger partial charge in [-0.3, -0.25) is 0 Å². The Morgan fingerprint density at radius 3 is 1.65 bits per heavy atom. The van der Waals surface area contributed by atoms with Crippen LogP contribution in [-0.2, 0) is 0 Å². The van der Waals surface area contributed by atoms with Crippen LogP contribution < -0.4 is 3.58 Å². The van der Waals surface area contributed by atoms with Gasteiger partial charge < -0.3 is 0 Å². The second-order valence-corrected chi connectivity index (χ2v) is 13.2. The number of allylic oxidation sites excluding steroid dienone is 2. The zero-order valence-corrected chi connectivity index (χ0v) is 16.2. The van der Waals surface area contributed by atoms with Crippen LogP contribution in [-0.4, -0.2) is 19.8 Å². The van der Waals surface area contributed by atoms with E-state index in [1.54, 1.807) is 7.17 Å². The van der Waals surface area contributed by atoms with Crippen molar-refractivity contribution in [3.8, 4) is 0 Å². The van der Waals surface area contributed by atoms with E-state index in [2.05, 4.69) is 101 Å². The van der Waals surface area contributed by atoms with E-state index in [9.17, 15) is 0 Å². The van der Waals surface area contributed by atoms with Crippen molar-refractivity contribution in [2.24, 2.45) is 0 Å². The topological polar surface area (TPSA) is 0 Å². The Morgan fingerprint density at radius 1 is 0.522 bits per heavy atom. The molecule has 0 fully saturated rings. The van der Waals surface area contributed by atoms with E-state index in [-0.39, 0.29) is 0 Å². The van der Waals surface area contributed by atoms with Gasteiger partial charge in [0.2, 0.25) is 0 Å². The third-order valence-electron chi connectivity index (χ3n) is 4.38. The standard InChI is InChI=1S/C16H12.C6H5.Sn.H/c1-2-15(16-11-7-4-8-12-16)13-14-9-5-3-6-10-14;1-2-4-6-5-3-1;;/h1-12H;1-5H;;. The molecule has 1 unspecified atom stereocenters. The Hall–Kier alpha value is -2.06. The third-order valence-corrected chi connectivity index (χ3v) is 12.8. The average Bonchev–Trinajstić information content (AvgIpc) is 3.09. The van der Waals surface area contributed by atoms with Gasteiger partial charge >= 0.3 is 145 Å². The van der Waals surface area contributed by atoms with E-state index in [1.807, 2.05) is 0 Å². The molecule has 1 aliphatic rings. The summed E-state index contributed by atoms with van der Waals surface area (Å²) in [6, 6.07) is 32.8. The molecule has 3 aromatic carbocycles. The van der Waals surface area contributed by atoms with E-state index in [0.29, 0.717) is 0 Å². The molecule has 0 aromatic heterocycles. The Labute approximate surface area is 144 Å². The molecule has 1 atom stereocenters. The van der Waals surface area contributed by atoms with E-state index < -0.39 is 19.8 Å². The molecule has 0 spiro atoms. The molecule has 0 N–H and O–H groups in total. The molecule has 1 aliphatic heterocycles. The van der Waals surface area contributed by atoms with Crippen molar-refractivity contribution in [2.75, 3.05) is 0 Å². The molecule has 1 heteroatoms. The van der Waals surface area contributed by atoms with Crippen LogP contribution in [0, 0.1) is 0 Å². The van der Waals surface area contributed by atoms with Gasteiger partial charge in [0.05, 0.1) is 0 Å². The molecular formula is C22H18Sn. The molecule has 0 aliphatic carbocycles. The van der Waals surface area contributed by atoms with Crippen LogP contribution in [0.25, 0.3) is 9.16 Å². The fourth-order valence-electron chi connectivity index (χ4n) is 3.31. The normalized spacial score (nSPS) is 16.8. The Bertz CT molecular complexity index is 846. The van der Waals surface area contributed by atoms with Crippen molar-refractivity contribution in [2.45, 2.75) is 0 Å². The quantitative estimate of drug-likeness (QED) is 0.572. The summed E-state index contributed by atoms with van der Waals surface area (Å²) in [4.78, 5) is 0. The molecule has 0 saturated heterocycles. The van der Waals surface area contributed by atoms with Gasteiger partial charge in [-0.1, -0.05) is 0 Å². The van der Waals surface area contributed by atoms with E-state index in [1.165, 1.54) is 16.7 Å². The number of benzene rings is 3. The first-order valence-corrected chi connectivity index (χ1v) is 13.2. The molecule has 23 heavy (non-hydrogen) atoms. The van der Waals surface area contributed by atoms with Crippen LogP contribution in [0.5, 0.6) is 0 Å². The Balaban J connectivity index is 1.90. The van der Waals surface area contributed by atoms with Crippen molar-refractivity contribution in [3.63, 3.8) is 0 Å². The molecule has 0 saturated carbocycles. The van der Waals surface area contributed by atoms with Gasteiger partial charge in [-0.15, -0.1) is 0 Å². The monoisotopic (exact) mass is 402 g/mol. The zero-order valence-electron chi connectivity index (χ0n) is 12.9. The van der Waals surface area contributed by atoms with E-state index in [4.69, 9.17) is 0 Å². The SMILES string of the molecule is C1=[CH][SnH]([c]2ccccc2)[C](c2ccccc2)=C1c1ccccc1. The first-order chi connectivity index (χ1) is 11.4. The minimum atomic E-state index is -2.14. The molecule has 110 valence electrons. The maximum atomic E-state index is 2.53.